The quantitative estimate of drug-likeness (QED) is 0.712. The van der Waals surface area contributed by atoms with E-state index in [1.54, 1.807) is 0 Å². The Morgan fingerprint density at radius 2 is 1.70 bits per heavy atom. The van der Waals surface area contributed by atoms with Crippen LogP contribution < -0.4 is 10.2 Å². The van der Waals surface area contributed by atoms with Crippen molar-refractivity contribution in [3.8, 4) is 11.1 Å². The third kappa shape index (κ3) is 4.29. The smallest absolute Gasteiger partial charge is 0.151 e. The van der Waals surface area contributed by atoms with Gasteiger partial charge in [0.1, 0.15) is 0 Å². The number of anilines is 2. The molecule has 3 aromatic rings. The third-order valence-corrected chi connectivity index (χ3v) is 5.07. The molecule has 4 heteroatoms. The Labute approximate surface area is 160 Å². The van der Waals surface area contributed by atoms with Gasteiger partial charge in [0.15, 0.2) is 5.82 Å². The van der Waals surface area contributed by atoms with E-state index >= 15 is 0 Å². The van der Waals surface area contributed by atoms with Gasteiger partial charge in [0.25, 0.3) is 0 Å². The van der Waals surface area contributed by atoms with Gasteiger partial charge in [-0.3, -0.25) is 0 Å². The summed E-state index contributed by atoms with van der Waals surface area (Å²) in [6, 6.07) is 23.1. The molecule has 0 radical (unpaired) electrons. The second-order valence-corrected chi connectivity index (χ2v) is 7.01. The zero-order valence-corrected chi connectivity index (χ0v) is 15.4. The van der Waals surface area contributed by atoms with Gasteiger partial charge < -0.3 is 15.3 Å². The molecule has 0 amide bonds. The van der Waals surface area contributed by atoms with E-state index in [9.17, 15) is 5.11 Å². The molecule has 1 fully saturated rings. The van der Waals surface area contributed by atoms with Crippen LogP contribution in [0, 0.1) is 0 Å². The van der Waals surface area contributed by atoms with E-state index in [0.717, 1.165) is 44.0 Å². The minimum Gasteiger partial charge on any atom is -0.393 e. The number of hydrogen-bond acceptors (Lipinski definition) is 4. The van der Waals surface area contributed by atoms with Gasteiger partial charge in [-0.2, -0.15) is 0 Å². The minimum absolute atomic E-state index is 0.179. The van der Waals surface area contributed by atoms with Gasteiger partial charge in [-0.15, -0.1) is 0 Å². The normalized spacial score (nSPS) is 14.9. The Morgan fingerprint density at radius 1 is 0.926 bits per heavy atom. The van der Waals surface area contributed by atoms with Crippen LogP contribution in [-0.4, -0.2) is 29.3 Å². The number of pyridine rings is 1. The molecular weight excluding hydrogens is 334 g/mol. The van der Waals surface area contributed by atoms with Crippen LogP contribution >= 0.6 is 0 Å². The fourth-order valence-electron chi connectivity index (χ4n) is 3.55. The first-order valence-corrected chi connectivity index (χ1v) is 9.56. The van der Waals surface area contributed by atoms with E-state index in [1.807, 2.05) is 18.3 Å². The second-order valence-electron chi connectivity index (χ2n) is 7.01. The lowest BCUT2D eigenvalue weighted by Crippen LogP contribution is -2.36. The summed E-state index contributed by atoms with van der Waals surface area (Å²) >= 11 is 0. The number of benzene rings is 2. The van der Waals surface area contributed by atoms with E-state index in [-0.39, 0.29) is 6.10 Å². The van der Waals surface area contributed by atoms with Crippen LogP contribution in [-0.2, 0) is 6.54 Å². The van der Waals surface area contributed by atoms with Gasteiger partial charge in [0.2, 0.25) is 0 Å². The number of hydrogen-bond donors (Lipinski definition) is 2. The summed E-state index contributed by atoms with van der Waals surface area (Å²) in [6.07, 6.45) is 3.26. The molecule has 1 aliphatic heterocycles. The van der Waals surface area contributed by atoms with Crippen molar-refractivity contribution in [3.63, 3.8) is 0 Å². The predicted octanol–water partition coefficient (Wildman–Crippen LogP) is 4.32. The van der Waals surface area contributed by atoms with E-state index in [0.29, 0.717) is 0 Å². The highest BCUT2D eigenvalue weighted by Crippen LogP contribution is 2.27. The molecular formula is C23H25N3O. The summed E-state index contributed by atoms with van der Waals surface area (Å²) in [4.78, 5) is 6.85. The monoisotopic (exact) mass is 359 g/mol. The van der Waals surface area contributed by atoms with Crippen LogP contribution in [0.5, 0.6) is 0 Å². The standard InChI is InChI=1S/C23H25N3O/c27-21-11-14-26(15-12-21)23-22(10-5-13-24-23)25-17-18-6-4-9-20(16-18)19-7-2-1-3-8-19/h1-10,13,16,21,25,27H,11-12,14-15,17H2. The number of aliphatic hydroxyl groups excluding tert-OH is 1. The summed E-state index contributed by atoms with van der Waals surface area (Å²) < 4.78 is 0. The van der Waals surface area contributed by atoms with E-state index in [1.165, 1.54) is 16.7 Å². The maximum atomic E-state index is 9.75. The van der Waals surface area contributed by atoms with Crippen LogP contribution in [0.1, 0.15) is 18.4 Å². The Kier molecular flexibility index (Phi) is 5.35. The molecule has 0 aliphatic carbocycles. The molecule has 0 unspecified atom stereocenters. The van der Waals surface area contributed by atoms with E-state index < -0.39 is 0 Å². The lowest BCUT2D eigenvalue weighted by atomic mass is 10.0. The summed E-state index contributed by atoms with van der Waals surface area (Å²) in [5.74, 6) is 0.976. The second kappa shape index (κ2) is 8.23. The van der Waals surface area contributed by atoms with Gasteiger partial charge in [0.05, 0.1) is 11.8 Å². The zero-order chi connectivity index (χ0) is 18.5. The highest BCUT2D eigenvalue weighted by Gasteiger charge is 2.20. The predicted molar refractivity (Wildman–Crippen MR) is 111 cm³/mol. The number of nitrogens with zero attached hydrogens (tertiary/aromatic N) is 2. The number of aliphatic hydroxyl groups is 1. The summed E-state index contributed by atoms with van der Waals surface area (Å²) in [6.45, 7) is 2.43. The molecule has 1 saturated heterocycles. The maximum Gasteiger partial charge on any atom is 0.151 e. The average Bonchev–Trinajstić information content (AvgIpc) is 2.74. The Hall–Kier alpha value is -2.85. The molecule has 1 aliphatic rings. The molecule has 2 aromatic carbocycles. The molecule has 0 spiro atoms. The molecule has 27 heavy (non-hydrogen) atoms. The third-order valence-electron chi connectivity index (χ3n) is 5.07. The van der Waals surface area contributed by atoms with Gasteiger partial charge in [-0.25, -0.2) is 4.98 Å². The molecule has 4 nitrogen and oxygen atoms in total. The van der Waals surface area contributed by atoms with E-state index in [2.05, 4.69) is 69.8 Å². The lowest BCUT2D eigenvalue weighted by Gasteiger charge is -2.31. The fourth-order valence-corrected chi connectivity index (χ4v) is 3.55. The van der Waals surface area contributed by atoms with Crippen molar-refractivity contribution in [1.82, 2.24) is 4.98 Å². The first kappa shape index (κ1) is 17.6. The van der Waals surface area contributed by atoms with Crippen LogP contribution in [0.3, 0.4) is 0 Å². The topological polar surface area (TPSA) is 48.4 Å². The van der Waals surface area contributed by atoms with Crippen LogP contribution in [0.2, 0.25) is 0 Å². The van der Waals surface area contributed by atoms with Crippen molar-refractivity contribution in [2.75, 3.05) is 23.3 Å². The van der Waals surface area contributed by atoms with Crippen LogP contribution in [0.4, 0.5) is 11.5 Å². The molecule has 1 aromatic heterocycles. The first-order valence-electron chi connectivity index (χ1n) is 9.56. The Balaban J connectivity index is 1.48. The Morgan fingerprint density at radius 3 is 2.52 bits per heavy atom. The maximum absolute atomic E-state index is 9.75. The highest BCUT2D eigenvalue weighted by atomic mass is 16.3. The van der Waals surface area contributed by atoms with Gasteiger partial charge in [0, 0.05) is 25.8 Å². The molecule has 4 rings (SSSR count). The van der Waals surface area contributed by atoms with Crippen molar-refractivity contribution in [2.24, 2.45) is 0 Å². The van der Waals surface area contributed by atoms with E-state index in [4.69, 9.17) is 0 Å². The summed E-state index contributed by atoms with van der Waals surface area (Å²) in [7, 11) is 0. The lowest BCUT2D eigenvalue weighted by molar-refractivity contribution is 0.145. The molecule has 0 saturated carbocycles. The molecule has 0 atom stereocenters. The van der Waals surface area contributed by atoms with Crippen LogP contribution in [0.15, 0.2) is 72.9 Å². The first-order chi connectivity index (χ1) is 13.3. The van der Waals surface area contributed by atoms with Crippen molar-refractivity contribution in [3.05, 3.63) is 78.5 Å². The molecule has 0 bridgehead atoms. The Bertz CT molecular complexity index is 874. The number of rotatable bonds is 5. The highest BCUT2D eigenvalue weighted by molar-refractivity contribution is 5.67. The fraction of sp³-hybridized carbons (Fsp3) is 0.261. The molecule has 2 N–H and O–H groups in total. The van der Waals surface area contributed by atoms with Gasteiger partial charge in [-0.05, 0) is 47.7 Å². The van der Waals surface area contributed by atoms with Gasteiger partial charge in [-0.1, -0.05) is 48.5 Å². The molecule has 2 heterocycles. The molecule has 138 valence electrons. The van der Waals surface area contributed by atoms with Crippen molar-refractivity contribution < 1.29 is 5.11 Å². The average molecular weight is 359 g/mol. The minimum atomic E-state index is -0.179. The largest absolute Gasteiger partial charge is 0.393 e. The van der Waals surface area contributed by atoms with Crippen LogP contribution in [0.25, 0.3) is 11.1 Å². The van der Waals surface area contributed by atoms with Crippen molar-refractivity contribution in [1.29, 1.82) is 0 Å². The van der Waals surface area contributed by atoms with Gasteiger partial charge >= 0.3 is 0 Å². The number of nitrogens with one attached hydrogen (secondary N) is 1. The number of aromatic nitrogens is 1. The summed E-state index contributed by atoms with van der Waals surface area (Å²) in [5, 5.41) is 13.3. The van der Waals surface area contributed by atoms with Crippen molar-refractivity contribution in [2.45, 2.75) is 25.5 Å². The van der Waals surface area contributed by atoms with Crippen molar-refractivity contribution >= 4 is 11.5 Å². The zero-order valence-electron chi connectivity index (χ0n) is 15.4. The SMILES string of the molecule is OC1CCN(c2ncccc2NCc2cccc(-c3ccccc3)c2)CC1. The summed E-state index contributed by atoms with van der Waals surface area (Å²) in [5.41, 5.74) is 4.74. The number of piperidine rings is 1.